The third kappa shape index (κ3) is 5.40. The van der Waals surface area contributed by atoms with E-state index in [4.69, 9.17) is 9.47 Å². The molecule has 0 bridgehead atoms. The number of rotatable bonds is 8. The fraction of sp³-hybridized carbons (Fsp3) is 0.259. The number of fused-ring (bicyclic) bond motifs is 1. The highest BCUT2D eigenvalue weighted by molar-refractivity contribution is 5.94. The number of nitriles is 1. The van der Waals surface area contributed by atoms with Crippen molar-refractivity contribution < 1.29 is 23.0 Å². The predicted molar refractivity (Wildman–Crippen MR) is 135 cm³/mol. The quantitative estimate of drug-likeness (QED) is 0.350. The van der Waals surface area contributed by atoms with Gasteiger partial charge in [-0.05, 0) is 37.4 Å². The van der Waals surface area contributed by atoms with Gasteiger partial charge < -0.3 is 14.0 Å². The number of para-hydroxylation sites is 1. The van der Waals surface area contributed by atoms with Crippen molar-refractivity contribution in [1.29, 1.82) is 5.26 Å². The van der Waals surface area contributed by atoms with Gasteiger partial charge in [0.05, 0.1) is 35.8 Å². The number of alkyl halides is 2. The second-order valence-corrected chi connectivity index (χ2v) is 8.84. The van der Waals surface area contributed by atoms with Crippen molar-refractivity contribution in [2.24, 2.45) is 0 Å². The summed E-state index contributed by atoms with van der Waals surface area (Å²) in [5.41, 5.74) is 2.26. The largest absolute Gasteiger partial charge is 0.485 e. The Morgan fingerprint density at radius 2 is 1.97 bits per heavy atom. The molecule has 1 aliphatic heterocycles. The molecule has 11 heteroatoms. The summed E-state index contributed by atoms with van der Waals surface area (Å²) in [4.78, 5) is 25.1. The van der Waals surface area contributed by atoms with Crippen LogP contribution in [0.25, 0.3) is 11.0 Å². The van der Waals surface area contributed by atoms with E-state index in [1.807, 2.05) is 16.5 Å². The number of carbonyl (C=O) groups excluding carboxylic acids is 1. The first-order chi connectivity index (χ1) is 18.4. The zero-order valence-electron chi connectivity index (χ0n) is 20.6. The lowest BCUT2D eigenvalue weighted by Gasteiger charge is -2.31. The van der Waals surface area contributed by atoms with E-state index in [2.05, 4.69) is 16.0 Å². The number of aromatic nitrogens is 3. The molecule has 5 rings (SSSR count). The van der Waals surface area contributed by atoms with Crippen molar-refractivity contribution in [3.8, 4) is 17.6 Å². The van der Waals surface area contributed by atoms with E-state index in [1.54, 1.807) is 59.6 Å². The molecular formula is C27H24F2N6O3. The van der Waals surface area contributed by atoms with Crippen LogP contribution in [0.15, 0.2) is 60.8 Å². The molecule has 0 radical (unpaired) electrons. The molecule has 1 fully saturated rings. The monoisotopic (exact) mass is 518 g/mol. The Morgan fingerprint density at radius 1 is 1.13 bits per heavy atom. The molecule has 0 saturated carbocycles. The zero-order chi connectivity index (χ0) is 26.6. The smallest absolute Gasteiger partial charge is 0.387 e. The van der Waals surface area contributed by atoms with Crippen LogP contribution in [0.1, 0.15) is 17.0 Å². The fourth-order valence-electron chi connectivity index (χ4n) is 4.36. The summed E-state index contributed by atoms with van der Waals surface area (Å²) in [7, 11) is 1.89. The first-order valence-electron chi connectivity index (χ1n) is 11.9. The molecule has 3 heterocycles. The van der Waals surface area contributed by atoms with Crippen LogP contribution in [0.5, 0.6) is 11.5 Å². The van der Waals surface area contributed by atoms with E-state index in [0.29, 0.717) is 52.6 Å². The molecule has 194 valence electrons. The van der Waals surface area contributed by atoms with Crippen LogP contribution < -0.4 is 14.4 Å². The first-order valence-corrected chi connectivity index (χ1v) is 11.9. The minimum absolute atomic E-state index is 0.0387. The molecule has 1 aliphatic rings. The molecule has 2 aromatic carbocycles. The lowest BCUT2D eigenvalue weighted by molar-refractivity contribution is -0.120. The molecule has 1 saturated heterocycles. The van der Waals surface area contributed by atoms with E-state index in [9.17, 15) is 18.8 Å². The van der Waals surface area contributed by atoms with Gasteiger partial charge in [0.15, 0.2) is 0 Å². The fourth-order valence-corrected chi connectivity index (χ4v) is 4.36. The summed E-state index contributed by atoms with van der Waals surface area (Å²) in [5, 5.41) is 9.40. The molecule has 4 aromatic rings. The summed E-state index contributed by atoms with van der Waals surface area (Å²) in [6, 6.07) is 17.2. The maximum absolute atomic E-state index is 13.0. The van der Waals surface area contributed by atoms with Crippen LogP contribution in [0.3, 0.4) is 0 Å². The summed E-state index contributed by atoms with van der Waals surface area (Å²) < 4.78 is 38.6. The summed E-state index contributed by atoms with van der Waals surface area (Å²) in [6.07, 6.45) is 1.58. The van der Waals surface area contributed by atoms with E-state index < -0.39 is 6.61 Å². The minimum atomic E-state index is -2.96. The third-order valence-corrected chi connectivity index (χ3v) is 6.25. The highest BCUT2D eigenvalue weighted by atomic mass is 19.3. The van der Waals surface area contributed by atoms with Gasteiger partial charge in [0.1, 0.15) is 29.7 Å². The number of benzene rings is 2. The van der Waals surface area contributed by atoms with Gasteiger partial charge in [0.2, 0.25) is 5.91 Å². The number of pyridine rings is 1. The molecule has 0 unspecified atom stereocenters. The van der Waals surface area contributed by atoms with E-state index in [-0.39, 0.29) is 24.8 Å². The second kappa shape index (κ2) is 10.8. The zero-order valence-corrected chi connectivity index (χ0v) is 20.6. The van der Waals surface area contributed by atoms with Crippen LogP contribution >= 0.6 is 0 Å². The average Bonchev–Trinajstić information content (AvgIpc) is 3.24. The first kappa shape index (κ1) is 25.1. The Kier molecular flexibility index (Phi) is 7.15. The number of anilines is 1. The van der Waals surface area contributed by atoms with E-state index in [0.717, 1.165) is 6.54 Å². The molecule has 0 spiro atoms. The predicted octanol–water partition coefficient (Wildman–Crippen LogP) is 3.81. The van der Waals surface area contributed by atoms with Crippen LogP contribution in [0.2, 0.25) is 0 Å². The average molecular weight is 519 g/mol. The van der Waals surface area contributed by atoms with Crippen LogP contribution in [-0.2, 0) is 17.9 Å². The Morgan fingerprint density at radius 3 is 2.76 bits per heavy atom. The van der Waals surface area contributed by atoms with Crippen molar-refractivity contribution in [3.63, 3.8) is 0 Å². The van der Waals surface area contributed by atoms with Gasteiger partial charge in [-0.25, -0.2) is 9.97 Å². The van der Waals surface area contributed by atoms with Crippen LogP contribution in [0.4, 0.5) is 14.6 Å². The number of hydrogen-bond acceptors (Lipinski definition) is 7. The Balaban J connectivity index is 1.44. The molecule has 0 aliphatic carbocycles. The SMILES string of the molecule is CN1CCN(c2cc(OCc3nc4ccc(C#N)cc4n3Cc3ccccc3OC(F)F)ccn2)C(=O)C1. The Bertz CT molecular complexity index is 1520. The second-order valence-electron chi connectivity index (χ2n) is 8.84. The van der Waals surface area contributed by atoms with Gasteiger partial charge in [-0.1, -0.05) is 18.2 Å². The number of imidazole rings is 1. The number of halogens is 2. The maximum atomic E-state index is 13.0. The third-order valence-electron chi connectivity index (χ3n) is 6.25. The molecule has 2 aromatic heterocycles. The Labute approximate surface area is 217 Å². The highest BCUT2D eigenvalue weighted by Crippen LogP contribution is 2.27. The normalized spacial score (nSPS) is 14.2. The highest BCUT2D eigenvalue weighted by Gasteiger charge is 2.24. The molecule has 0 atom stereocenters. The lowest BCUT2D eigenvalue weighted by atomic mass is 10.2. The number of likely N-dealkylation sites (N-methyl/N-ethyl adjacent to an activating group) is 1. The maximum Gasteiger partial charge on any atom is 0.387 e. The molecule has 0 N–H and O–H groups in total. The van der Waals surface area contributed by atoms with Gasteiger partial charge in [-0.15, -0.1) is 0 Å². The number of nitrogens with zero attached hydrogens (tertiary/aromatic N) is 6. The summed E-state index contributed by atoms with van der Waals surface area (Å²) >= 11 is 0. The van der Waals surface area contributed by atoms with Crippen molar-refractivity contribution in [2.75, 3.05) is 31.6 Å². The lowest BCUT2D eigenvalue weighted by Crippen LogP contribution is -2.49. The van der Waals surface area contributed by atoms with Gasteiger partial charge in [-0.3, -0.25) is 14.6 Å². The van der Waals surface area contributed by atoms with Crippen molar-refractivity contribution in [2.45, 2.75) is 19.8 Å². The van der Waals surface area contributed by atoms with E-state index in [1.165, 1.54) is 6.07 Å². The minimum Gasteiger partial charge on any atom is -0.485 e. The number of piperazine rings is 1. The van der Waals surface area contributed by atoms with Gasteiger partial charge >= 0.3 is 6.61 Å². The number of amides is 1. The number of carbonyl (C=O) groups is 1. The van der Waals surface area contributed by atoms with Gasteiger partial charge in [0, 0.05) is 30.9 Å². The number of hydrogen-bond donors (Lipinski definition) is 0. The Hall–Kier alpha value is -4.56. The van der Waals surface area contributed by atoms with E-state index >= 15 is 0 Å². The van der Waals surface area contributed by atoms with Crippen molar-refractivity contribution in [1.82, 2.24) is 19.4 Å². The van der Waals surface area contributed by atoms with Gasteiger partial charge in [-0.2, -0.15) is 14.0 Å². The summed E-state index contributed by atoms with van der Waals surface area (Å²) in [6.45, 7) is -1.15. The van der Waals surface area contributed by atoms with Crippen molar-refractivity contribution in [3.05, 3.63) is 77.7 Å². The molecule has 9 nitrogen and oxygen atoms in total. The molecule has 1 amide bonds. The molecular weight excluding hydrogens is 494 g/mol. The molecule has 38 heavy (non-hydrogen) atoms. The van der Waals surface area contributed by atoms with Gasteiger partial charge in [0.25, 0.3) is 0 Å². The number of ether oxygens (including phenoxy) is 2. The van der Waals surface area contributed by atoms with Crippen molar-refractivity contribution >= 4 is 22.8 Å². The summed E-state index contributed by atoms with van der Waals surface area (Å²) in [5.74, 6) is 1.55. The van der Waals surface area contributed by atoms with Crippen LogP contribution in [-0.4, -0.2) is 58.6 Å². The topological polar surface area (TPSA) is 96.5 Å². The van der Waals surface area contributed by atoms with Crippen LogP contribution in [0, 0.1) is 11.3 Å². The standard InChI is InChI=1S/C27H24F2N6O3/c1-33-10-11-34(26(36)16-33)24-13-20(8-9-31-24)37-17-25-32-21-7-6-18(14-30)12-22(21)35(25)15-19-4-2-3-5-23(19)38-27(28)29/h2-9,12-13,27H,10-11,15-17H2,1H3.